The van der Waals surface area contributed by atoms with Gasteiger partial charge in [0.25, 0.3) is 0 Å². The molecule has 1 spiro atoms. The molecule has 1 amide bonds. The van der Waals surface area contributed by atoms with Crippen LogP contribution in [0, 0.1) is 11.8 Å². The van der Waals surface area contributed by atoms with Crippen LogP contribution in [0.1, 0.15) is 37.3 Å². The standard InChI is InChI=1S/C29H32Cl2N2O4/c1-4-18-15-32-13-12-29(26(32)14-19(18)21(17-36-2)27(34)37-3)22-8-5-6-11-25(22)33(28(29)35)16-20-23(30)9-7-10-24(20)31/h5-11,17-19,26H,4,12-16H2,1-3H3/b21-17+/t18-,19-,26?,29+/m0/s1. The van der Waals surface area contributed by atoms with Gasteiger partial charge in [0.05, 0.1) is 38.0 Å². The van der Waals surface area contributed by atoms with Gasteiger partial charge in [-0.1, -0.05) is 60.8 Å². The van der Waals surface area contributed by atoms with Crippen LogP contribution in [-0.4, -0.2) is 50.1 Å². The number of hydrogen-bond acceptors (Lipinski definition) is 5. The minimum absolute atomic E-state index is 0.0504. The lowest BCUT2D eigenvalue weighted by Gasteiger charge is -2.45. The molecule has 2 saturated heterocycles. The number of benzene rings is 2. The average molecular weight is 543 g/mol. The zero-order valence-electron chi connectivity index (χ0n) is 21.4. The van der Waals surface area contributed by atoms with Crippen LogP contribution >= 0.6 is 23.2 Å². The Hall–Kier alpha value is -2.54. The third-order valence-corrected chi connectivity index (χ3v) is 9.30. The van der Waals surface area contributed by atoms with Gasteiger partial charge in [0.15, 0.2) is 0 Å². The number of nitrogens with zero attached hydrogens (tertiary/aromatic N) is 2. The molecule has 4 atom stereocenters. The van der Waals surface area contributed by atoms with Gasteiger partial charge in [0, 0.05) is 33.9 Å². The van der Waals surface area contributed by atoms with Crippen LogP contribution in [0.3, 0.4) is 0 Å². The number of amides is 1. The fourth-order valence-corrected chi connectivity index (χ4v) is 7.34. The summed E-state index contributed by atoms with van der Waals surface area (Å²) < 4.78 is 10.4. The monoisotopic (exact) mass is 542 g/mol. The highest BCUT2D eigenvalue weighted by Crippen LogP contribution is 2.55. The number of piperidine rings is 1. The van der Waals surface area contributed by atoms with Crippen LogP contribution in [0.2, 0.25) is 10.0 Å². The molecular weight excluding hydrogens is 511 g/mol. The van der Waals surface area contributed by atoms with Crippen molar-refractivity contribution >= 4 is 40.8 Å². The minimum atomic E-state index is -0.699. The van der Waals surface area contributed by atoms with Crippen LogP contribution in [0.15, 0.2) is 54.3 Å². The smallest absolute Gasteiger partial charge is 0.337 e. The van der Waals surface area contributed by atoms with Gasteiger partial charge in [-0.15, -0.1) is 0 Å². The second-order valence-electron chi connectivity index (χ2n) is 10.2. The molecule has 0 aromatic heterocycles. The molecule has 0 N–H and O–H groups in total. The summed E-state index contributed by atoms with van der Waals surface area (Å²) >= 11 is 13.0. The lowest BCUT2D eigenvalue weighted by atomic mass is 9.67. The van der Waals surface area contributed by atoms with E-state index in [1.165, 1.54) is 13.4 Å². The number of methoxy groups -OCH3 is 2. The molecule has 2 aromatic rings. The van der Waals surface area contributed by atoms with E-state index >= 15 is 0 Å². The van der Waals surface area contributed by atoms with Gasteiger partial charge in [-0.3, -0.25) is 9.69 Å². The molecule has 196 valence electrons. The van der Waals surface area contributed by atoms with E-state index in [9.17, 15) is 9.59 Å². The maximum Gasteiger partial charge on any atom is 0.337 e. The molecule has 0 aliphatic carbocycles. The summed E-state index contributed by atoms with van der Waals surface area (Å²) in [6.07, 6.45) is 3.84. The lowest BCUT2D eigenvalue weighted by molar-refractivity contribution is -0.137. The Morgan fingerprint density at radius 1 is 1.14 bits per heavy atom. The highest BCUT2D eigenvalue weighted by molar-refractivity contribution is 6.36. The largest absolute Gasteiger partial charge is 0.504 e. The number of fused-ring (bicyclic) bond motifs is 4. The Balaban J connectivity index is 1.56. The fraction of sp³-hybridized carbons (Fsp3) is 0.448. The van der Waals surface area contributed by atoms with Crippen LogP contribution in [0.25, 0.3) is 0 Å². The zero-order chi connectivity index (χ0) is 26.3. The molecule has 3 aliphatic rings. The quantitative estimate of drug-likeness (QED) is 0.270. The molecule has 0 radical (unpaired) electrons. The number of anilines is 1. The Kier molecular flexibility index (Phi) is 7.27. The van der Waals surface area contributed by atoms with E-state index in [4.69, 9.17) is 32.7 Å². The Morgan fingerprint density at radius 3 is 2.54 bits per heavy atom. The number of hydrogen-bond donors (Lipinski definition) is 0. The molecule has 0 bridgehead atoms. The summed E-state index contributed by atoms with van der Waals surface area (Å²) in [4.78, 5) is 31.6. The Bertz CT molecular complexity index is 1230. The molecule has 3 heterocycles. The van der Waals surface area contributed by atoms with Gasteiger partial charge >= 0.3 is 5.97 Å². The zero-order valence-corrected chi connectivity index (χ0v) is 22.9. The first kappa shape index (κ1) is 26.1. The van der Waals surface area contributed by atoms with Crippen molar-refractivity contribution in [3.05, 3.63) is 75.5 Å². The lowest BCUT2D eigenvalue weighted by Crippen LogP contribution is -2.54. The second kappa shape index (κ2) is 10.3. The van der Waals surface area contributed by atoms with Gasteiger partial charge in [0.1, 0.15) is 0 Å². The van der Waals surface area contributed by atoms with Gasteiger partial charge in [-0.25, -0.2) is 4.79 Å². The van der Waals surface area contributed by atoms with E-state index in [-0.39, 0.29) is 29.8 Å². The van der Waals surface area contributed by atoms with Gasteiger partial charge < -0.3 is 14.4 Å². The SMILES string of the molecule is CC[C@H]1CN2CC[C@]3(C(=O)N(Cc4c(Cl)cccc4Cl)c4ccccc43)C2C[C@@H]1/C(=C\OC)C(=O)OC. The maximum atomic E-state index is 14.5. The molecule has 8 heteroatoms. The Labute approximate surface area is 228 Å². The number of carbonyl (C=O) groups is 2. The third-order valence-electron chi connectivity index (χ3n) is 8.59. The van der Waals surface area contributed by atoms with E-state index in [1.54, 1.807) is 19.2 Å². The van der Waals surface area contributed by atoms with Crippen LogP contribution in [0.4, 0.5) is 5.69 Å². The number of para-hydroxylation sites is 1. The molecule has 1 unspecified atom stereocenters. The fourth-order valence-electron chi connectivity index (χ4n) is 6.82. The van der Waals surface area contributed by atoms with Crippen molar-refractivity contribution < 1.29 is 19.1 Å². The molecule has 6 nitrogen and oxygen atoms in total. The normalized spacial score (nSPS) is 27.4. The van der Waals surface area contributed by atoms with Gasteiger partial charge in [0.2, 0.25) is 5.91 Å². The van der Waals surface area contributed by atoms with Gasteiger partial charge in [-0.2, -0.15) is 0 Å². The summed E-state index contributed by atoms with van der Waals surface area (Å²) in [5, 5.41) is 1.09. The van der Waals surface area contributed by atoms with E-state index in [0.29, 0.717) is 28.6 Å². The highest BCUT2D eigenvalue weighted by atomic mass is 35.5. The molecule has 37 heavy (non-hydrogen) atoms. The van der Waals surface area contributed by atoms with Crippen molar-refractivity contribution in [2.45, 2.75) is 44.2 Å². The first-order valence-electron chi connectivity index (χ1n) is 12.8. The van der Waals surface area contributed by atoms with Crippen molar-refractivity contribution in [1.29, 1.82) is 0 Å². The highest BCUT2D eigenvalue weighted by Gasteiger charge is 2.62. The molecule has 0 saturated carbocycles. The van der Waals surface area contributed by atoms with Crippen LogP contribution in [0.5, 0.6) is 0 Å². The van der Waals surface area contributed by atoms with Crippen molar-refractivity contribution in [2.24, 2.45) is 11.8 Å². The Morgan fingerprint density at radius 2 is 1.86 bits per heavy atom. The summed E-state index contributed by atoms with van der Waals surface area (Å²) in [6, 6.07) is 13.4. The van der Waals surface area contributed by atoms with Crippen LogP contribution < -0.4 is 4.90 Å². The molecule has 5 rings (SSSR count). The topological polar surface area (TPSA) is 59.1 Å². The number of esters is 1. The summed E-state index contributed by atoms with van der Waals surface area (Å²) in [5.41, 5.74) is 2.52. The van der Waals surface area contributed by atoms with Crippen molar-refractivity contribution in [2.75, 3.05) is 32.2 Å². The first-order valence-corrected chi connectivity index (χ1v) is 13.5. The van der Waals surface area contributed by atoms with E-state index < -0.39 is 5.41 Å². The van der Waals surface area contributed by atoms with E-state index in [1.807, 2.05) is 29.2 Å². The average Bonchev–Trinajstić information content (AvgIpc) is 3.40. The predicted molar refractivity (Wildman–Crippen MR) is 145 cm³/mol. The first-order chi connectivity index (χ1) is 17.9. The summed E-state index contributed by atoms with van der Waals surface area (Å²) in [5.74, 6) is -0.113. The number of carbonyl (C=O) groups excluding carboxylic acids is 2. The van der Waals surface area contributed by atoms with Crippen molar-refractivity contribution in [3.63, 3.8) is 0 Å². The summed E-state index contributed by atoms with van der Waals surface area (Å²) in [6.45, 7) is 4.10. The molecular formula is C29H32Cl2N2O4. The molecule has 2 fully saturated rings. The van der Waals surface area contributed by atoms with E-state index in [2.05, 4.69) is 17.9 Å². The van der Waals surface area contributed by atoms with E-state index in [0.717, 1.165) is 42.7 Å². The van der Waals surface area contributed by atoms with Crippen molar-refractivity contribution in [3.8, 4) is 0 Å². The number of halogens is 2. The summed E-state index contributed by atoms with van der Waals surface area (Å²) in [7, 11) is 2.94. The molecule has 2 aromatic carbocycles. The number of ether oxygens (including phenoxy) is 2. The second-order valence-corrected chi connectivity index (χ2v) is 11.0. The van der Waals surface area contributed by atoms with Crippen LogP contribution in [-0.2, 0) is 31.0 Å². The minimum Gasteiger partial charge on any atom is -0.504 e. The maximum absolute atomic E-state index is 14.5. The van der Waals surface area contributed by atoms with Gasteiger partial charge in [-0.05, 0) is 55.0 Å². The number of rotatable bonds is 6. The third kappa shape index (κ3) is 4.14. The molecule has 3 aliphatic heterocycles. The van der Waals surface area contributed by atoms with Crippen molar-refractivity contribution in [1.82, 2.24) is 4.90 Å². The predicted octanol–water partition coefficient (Wildman–Crippen LogP) is 5.60.